The van der Waals surface area contributed by atoms with E-state index < -0.39 is 17.7 Å². The fourth-order valence-electron chi connectivity index (χ4n) is 4.39. The van der Waals surface area contributed by atoms with Crippen LogP contribution < -0.4 is 10.1 Å². The molecule has 6 nitrogen and oxygen atoms in total. The molecule has 2 N–H and O–H groups in total. The summed E-state index contributed by atoms with van der Waals surface area (Å²) >= 11 is 0. The Kier molecular flexibility index (Phi) is 5.95. The Hall–Kier alpha value is -2.08. The topological polar surface area (TPSA) is 78.9 Å². The molecule has 1 aliphatic heterocycles. The quantitative estimate of drug-likeness (QED) is 0.739. The van der Waals surface area contributed by atoms with Gasteiger partial charge in [-0.2, -0.15) is 0 Å². The van der Waals surface area contributed by atoms with E-state index in [1.165, 1.54) is 5.56 Å². The van der Waals surface area contributed by atoms with Crippen LogP contribution in [0.25, 0.3) is 0 Å². The maximum Gasteiger partial charge on any atom is 0.325 e. The van der Waals surface area contributed by atoms with Crippen LogP contribution in [0.1, 0.15) is 64.5 Å². The third-order valence-electron chi connectivity index (χ3n) is 6.37. The molecule has 2 fully saturated rings. The fraction of sp³-hybridized carbons (Fsp3) is 0.652. The summed E-state index contributed by atoms with van der Waals surface area (Å²) in [5.41, 5.74) is 1.47. The highest BCUT2D eigenvalue weighted by molar-refractivity contribution is 6.07. The Morgan fingerprint density at radius 3 is 2.66 bits per heavy atom. The molecule has 1 saturated carbocycles. The van der Waals surface area contributed by atoms with Crippen molar-refractivity contribution in [1.29, 1.82) is 0 Å². The molecule has 6 heteroatoms. The van der Waals surface area contributed by atoms with Crippen LogP contribution in [0.4, 0.5) is 4.79 Å². The van der Waals surface area contributed by atoms with Gasteiger partial charge >= 0.3 is 6.03 Å². The summed E-state index contributed by atoms with van der Waals surface area (Å²) in [5, 5.41) is 13.3. The molecule has 3 unspecified atom stereocenters. The second-order valence-electron chi connectivity index (χ2n) is 9.66. The van der Waals surface area contributed by atoms with Crippen molar-refractivity contribution in [1.82, 2.24) is 10.2 Å². The first-order valence-corrected chi connectivity index (χ1v) is 10.6. The molecule has 0 radical (unpaired) electrons. The molecular formula is C23H34N2O4. The lowest BCUT2D eigenvalue weighted by atomic mass is 9.73. The number of aliphatic hydroxyl groups excluding tert-OH is 1. The molecular weight excluding hydrogens is 368 g/mol. The van der Waals surface area contributed by atoms with Crippen molar-refractivity contribution in [2.45, 2.75) is 77.4 Å². The number of rotatable bonds is 5. The highest BCUT2D eigenvalue weighted by Crippen LogP contribution is 2.38. The van der Waals surface area contributed by atoms with Crippen molar-refractivity contribution in [3.8, 4) is 5.75 Å². The van der Waals surface area contributed by atoms with Crippen molar-refractivity contribution < 1.29 is 19.4 Å². The molecule has 3 atom stereocenters. The summed E-state index contributed by atoms with van der Waals surface area (Å²) in [5.74, 6) is 0.598. The van der Waals surface area contributed by atoms with Gasteiger partial charge in [0.25, 0.3) is 5.91 Å². The number of aliphatic hydroxyl groups is 1. The second kappa shape index (κ2) is 7.98. The Morgan fingerprint density at radius 2 is 2.03 bits per heavy atom. The van der Waals surface area contributed by atoms with Gasteiger partial charge in [-0.25, -0.2) is 4.79 Å². The molecule has 1 aromatic rings. The van der Waals surface area contributed by atoms with Gasteiger partial charge in [0.1, 0.15) is 24.0 Å². The van der Waals surface area contributed by atoms with Crippen LogP contribution in [-0.2, 0) is 10.2 Å². The Morgan fingerprint density at radius 1 is 1.31 bits per heavy atom. The molecule has 2 aliphatic rings. The predicted molar refractivity (Wildman–Crippen MR) is 112 cm³/mol. The van der Waals surface area contributed by atoms with Gasteiger partial charge in [-0.05, 0) is 48.3 Å². The van der Waals surface area contributed by atoms with E-state index >= 15 is 0 Å². The molecule has 0 aromatic heterocycles. The van der Waals surface area contributed by atoms with E-state index in [0.29, 0.717) is 12.2 Å². The van der Waals surface area contributed by atoms with Crippen LogP contribution in [-0.4, -0.2) is 46.7 Å². The molecule has 1 heterocycles. The van der Waals surface area contributed by atoms with E-state index in [0.717, 1.165) is 29.7 Å². The second-order valence-corrected chi connectivity index (χ2v) is 9.66. The number of benzene rings is 1. The Balaban J connectivity index is 1.60. The van der Waals surface area contributed by atoms with Gasteiger partial charge in [0.15, 0.2) is 0 Å². The van der Waals surface area contributed by atoms with Crippen molar-refractivity contribution in [2.75, 3.05) is 13.2 Å². The van der Waals surface area contributed by atoms with Gasteiger partial charge in [0.05, 0.1) is 6.54 Å². The molecule has 3 amide bonds. The summed E-state index contributed by atoms with van der Waals surface area (Å²) in [6.07, 6.45) is 2.66. The van der Waals surface area contributed by atoms with Crippen LogP contribution >= 0.6 is 0 Å². The van der Waals surface area contributed by atoms with Crippen LogP contribution in [0, 0.1) is 12.8 Å². The molecule has 160 valence electrons. The lowest BCUT2D eigenvalue weighted by Crippen LogP contribution is -2.54. The SMILES string of the molecule is Cc1cc(C(C)(C)C)ccc1OCC(O)CN1C(=O)NC2(CCCCC2C)C1=O. The third kappa shape index (κ3) is 4.27. The summed E-state index contributed by atoms with van der Waals surface area (Å²) in [6, 6.07) is 5.62. The first kappa shape index (κ1) is 21.6. The smallest absolute Gasteiger partial charge is 0.325 e. The maximum absolute atomic E-state index is 13.0. The lowest BCUT2D eigenvalue weighted by Gasteiger charge is -2.36. The number of nitrogens with one attached hydrogen (secondary N) is 1. The van der Waals surface area contributed by atoms with Crippen molar-refractivity contribution in [3.05, 3.63) is 29.3 Å². The molecule has 1 aliphatic carbocycles. The van der Waals surface area contributed by atoms with E-state index in [4.69, 9.17) is 4.74 Å². The van der Waals surface area contributed by atoms with E-state index in [1.807, 2.05) is 26.0 Å². The third-order valence-corrected chi connectivity index (χ3v) is 6.37. The van der Waals surface area contributed by atoms with Crippen LogP contribution in [0.2, 0.25) is 0 Å². The standard InChI is InChI=1S/C23H34N2O4/c1-15-12-17(22(3,4)5)9-10-19(15)29-14-18(26)13-25-20(27)23(24-21(25)28)11-7-6-8-16(23)2/h9-10,12,16,18,26H,6-8,11,13-14H2,1-5H3,(H,24,28). The van der Waals surface area contributed by atoms with Crippen LogP contribution in [0.5, 0.6) is 5.75 Å². The lowest BCUT2D eigenvalue weighted by molar-refractivity contribution is -0.135. The normalized spacial score (nSPS) is 26.0. The van der Waals surface area contributed by atoms with Gasteiger partial charge in [0, 0.05) is 0 Å². The van der Waals surface area contributed by atoms with E-state index in [-0.39, 0.29) is 30.4 Å². The maximum atomic E-state index is 13.0. The Bertz CT molecular complexity index is 786. The fourth-order valence-corrected chi connectivity index (χ4v) is 4.39. The van der Waals surface area contributed by atoms with Crippen LogP contribution in [0.15, 0.2) is 18.2 Å². The van der Waals surface area contributed by atoms with E-state index in [1.54, 1.807) is 0 Å². The Labute approximate surface area is 173 Å². The average Bonchev–Trinajstić information content (AvgIpc) is 2.87. The van der Waals surface area contributed by atoms with Gasteiger partial charge in [-0.1, -0.05) is 52.7 Å². The van der Waals surface area contributed by atoms with E-state index in [2.05, 4.69) is 32.2 Å². The number of imide groups is 1. The summed E-state index contributed by atoms with van der Waals surface area (Å²) < 4.78 is 5.79. The molecule has 3 rings (SSSR count). The van der Waals surface area contributed by atoms with Crippen molar-refractivity contribution in [3.63, 3.8) is 0 Å². The molecule has 1 saturated heterocycles. The number of carbonyl (C=O) groups is 2. The highest BCUT2D eigenvalue weighted by Gasteiger charge is 2.55. The predicted octanol–water partition coefficient (Wildman–Crippen LogP) is 3.53. The number of amides is 3. The van der Waals surface area contributed by atoms with Gasteiger partial charge in [0.2, 0.25) is 0 Å². The van der Waals surface area contributed by atoms with Crippen molar-refractivity contribution >= 4 is 11.9 Å². The minimum absolute atomic E-state index is 0.0231. The van der Waals surface area contributed by atoms with Gasteiger partial charge in [-0.3, -0.25) is 9.69 Å². The number of urea groups is 1. The number of aryl methyl sites for hydroxylation is 1. The number of carbonyl (C=O) groups excluding carboxylic acids is 2. The number of hydrogen-bond acceptors (Lipinski definition) is 4. The number of β-amino-alcohol motifs (C(OH)–C–C–N with tert-alkyl or cyclic N) is 1. The highest BCUT2D eigenvalue weighted by atomic mass is 16.5. The van der Waals surface area contributed by atoms with E-state index in [9.17, 15) is 14.7 Å². The average molecular weight is 403 g/mol. The minimum atomic E-state index is -0.944. The summed E-state index contributed by atoms with van der Waals surface area (Å²) in [4.78, 5) is 26.6. The van der Waals surface area contributed by atoms with Gasteiger partial charge < -0.3 is 15.2 Å². The first-order chi connectivity index (χ1) is 13.5. The van der Waals surface area contributed by atoms with Gasteiger partial charge in [-0.15, -0.1) is 0 Å². The summed E-state index contributed by atoms with van der Waals surface area (Å²) in [6.45, 7) is 10.4. The zero-order valence-corrected chi connectivity index (χ0v) is 18.2. The zero-order chi connectivity index (χ0) is 21.4. The zero-order valence-electron chi connectivity index (χ0n) is 18.2. The van der Waals surface area contributed by atoms with Crippen molar-refractivity contribution in [2.24, 2.45) is 5.92 Å². The number of ether oxygens (including phenoxy) is 1. The molecule has 1 spiro atoms. The largest absolute Gasteiger partial charge is 0.491 e. The number of nitrogens with zero attached hydrogens (tertiary/aromatic N) is 1. The molecule has 29 heavy (non-hydrogen) atoms. The summed E-state index contributed by atoms with van der Waals surface area (Å²) in [7, 11) is 0. The monoisotopic (exact) mass is 402 g/mol. The minimum Gasteiger partial charge on any atom is -0.491 e. The molecule has 0 bridgehead atoms. The first-order valence-electron chi connectivity index (χ1n) is 10.6. The molecule has 1 aromatic carbocycles. The van der Waals surface area contributed by atoms with Crippen LogP contribution in [0.3, 0.4) is 0 Å². The number of hydrogen-bond donors (Lipinski definition) is 2.